The summed E-state index contributed by atoms with van der Waals surface area (Å²) >= 11 is 8.26. The Morgan fingerprint density at radius 3 is 2.00 bits per heavy atom. The van der Waals surface area contributed by atoms with E-state index in [0.717, 1.165) is 48.8 Å². The predicted molar refractivity (Wildman–Crippen MR) is 246 cm³/mol. The first-order chi connectivity index (χ1) is 25.6. The third kappa shape index (κ3) is 11.4. The molecule has 3 heteroatoms. The van der Waals surface area contributed by atoms with E-state index in [9.17, 15) is 0 Å². The largest absolute Gasteiger partial charge is 0.287 e. The van der Waals surface area contributed by atoms with E-state index in [0.29, 0.717) is 0 Å². The van der Waals surface area contributed by atoms with Crippen LogP contribution in [-0.2, 0) is 0 Å². The molecule has 0 aliphatic carbocycles. The Hall–Kier alpha value is -5.28. The zero-order chi connectivity index (χ0) is 39.5. The molecule has 53 heavy (non-hydrogen) atoms. The van der Waals surface area contributed by atoms with Gasteiger partial charge in [0, 0.05) is 22.7 Å². The molecule has 0 radical (unpaired) electrons. The lowest BCUT2D eigenvalue weighted by atomic mass is 9.90. The number of rotatable bonds is 10. The van der Waals surface area contributed by atoms with Gasteiger partial charge in [-0.15, -0.1) is 24.5 Å². The molecule has 0 fully saturated rings. The van der Waals surface area contributed by atoms with Crippen molar-refractivity contribution in [2.24, 2.45) is 4.99 Å². The molecule has 0 amide bonds. The summed E-state index contributed by atoms with van der Waals surface area (Å²) in [5.74, 6) is 0. The number of benzene rings is 4. The number of thiophene rings is 1. The van der Waals surface area contributed by atoms with Crippen LogP contribution in [0.25, 0.3) is 38.1 Å². The molecule has 0 saturated carbocycles. The van der Waals surface area contributed by atoms with E-state index < -0.39 is 0 Å². The Balaban J connectivity index is 0.000000340. The molecule has 4 aromatic carbocycles. The molecule has 1 heterocycles. The maximum absolute atomic E-state index is 6.58. The van der Waals surface area contributed by atoms with Gasteiger partial charge in [0.2, 0.25) is 0 Å². The van der Waals surface area contributed by atoms with E-state index in [2.05, 4.69) is 137 Å². The van der Waals surface area contributed by atoms with Crippen LogP contribution in [0.5, 0.6) is 0 Å². The lowest BCUT2D eigenvalue weighted by Gasteiger charge is -2.14. The van der Waals surface area contributed by atoms with Gasteiger partial charge in [-0.25, -0.2) is 0 Å². The maximum atomic E-state index is 6.58. The van der Waals surface area contributed by atoms with E-state index in [1.54, 1.807) is 11.3 Å². The Morgan fingerprint density at radius 1 is 0.830 bits per heavy atom. The van der Waals surface area contributed by atoms with Gasteiger partial charge in [0.25, 0.3) is 0 Å². The van der Waals surface area contributed by atoms with Crippen molar-refractivity contribution in [1.82, 2.24) is 0 Å². The van der Waals surface area contributed by atoms with Gasteiger partial charge in [-0.2, -0.15) is 0 Å². The Morgan fingerprint density at radius 2 is 1.43 bits per heavy atom. The van der Waals surface area contributed by atoms with E-state index in [4.69, 9.17) is 11.6 Å². The lowest BCUT2D eigenvalue weighted by molar-refractivity contribution is 1.41. The molecule has 0 atom stereocenters. The molecule has 0 saturated heterocycles. The molecule has 0 aliphatic heterocycles. The highest BCUT2D eigenvalue weighted by atomic mass is 35.5. The molecule has 0 unspecified atom stereocenters. The minimum Gasteiger partial charge on any atom is -0.287 e. The fourth-order valence-corrected chi connectivity index (χ4v) is 7.21. The van der Waals surface area contributed by atoms with Crippen molar-refractivity contribution in [3.8, 4) is 0 Å². The summed E-state index contributed by atoms with van der Waals surface area (Å²) in [6.07, 6.45) is 16.0. The number of fused-ring (bicyclic) bond motifs is 2. The van der Waals surface area contributed by atoms with Gasteiger partial charge in [0.1, 0.15) is 0 Å². The fraction of sp³-hybridized carbons (Fsp3) is 0.140. The Bertz CT molecular complexity index is 2200. The minimum absolute atomic E-state index is 0.783. The maximum Gasteiger partial charge on any atom is 0.0830 e. The molecule has 0 bridgehead atoms. The average molecular weight is 737 g/mol. The Labute approximate surface area is 328 Å². The van der Waals surface area contributed by atoms with Crippen LogP contribution in [0.15, 0.2) is 177 Å². The van der Waals surface area contributed by atoms with Crippen molar-refractivity contribution >= 4 is 66.7 Å². The number of hydrogen-bond acceptors (Lipinski definition) is 2. The highest BCUT2D eigenvalue weighted by Gasteiger charge is 2.16. The number of nitrogens with zero attached hydrogens (tertiary/aromatic N) is 1. The van der Waals surface area contributed by atoms with Gasteiger partial charge >= 0.3 is 0 Å². The topological polar surface area (TPSA) is 12.4 Å². The van der Waals surface area contributed by atoms with Crippen LogP contribution < -0.4 is 0 Å². The van der Waals surface area contributed by atoms with Gasteiger partial charge in [-0.05, 0) is 89.6 Å². The van der Waals surface area contributed by atoms with Crippen molar-refractivity contribution in [2.75, 3.05) is 7.05 Å². The summed E-state index contributed by atoms with van der Waals surface area (Å²) in [7, 11) is 1.81. The normalized spacial score (nSPS) is 11.7. The van der Waals surface area contributed by atoms with Crippen LogP contribution in [0, 0.1) is 6.92 Å². The van der Waals surface area contributed by atoms with Gasteiger partial charge < -0.3 is 0 Å². The van der Waals surface area contributed by atoms with Crippen molar-refractivity contribution < 1.29 is 0 Å². The molecule has 0 N–H and O–H groups in total. The summed E-state index contributed by atoms with van der Waals surface area (Å²) < 4.78 is 1.18. The minimum atomic E-state index is 0.783. The molecule has 0 spiro atoms. The number of halogens is 1. The smallest absolute Gasteiger partial charge is 0.0830 e. The second-order valence-corrected chi connectivity index (χ2v) is 13.1. The summed E-state index contributed by atoms with van der Waals surface area (Å²) in [6, 6.07) is 27.2. The fourth-order valence-electron chi connectivity index (χ4n) is 5.64. The molecule has 5 rings (SSSR count). The lowest BCUT2D eigenvalue weighted by Crippen LogP contribution is -2.01. The molecule has 0 aliphatic rings. The van der Waals surface area contributed by atoms with Gasteiger partial charge in [-0.1, -0.05) is 173 Å². The first-order valence-electron chi connectivity index (χ1n) is 17.7. The number of allylic oxidation sites excluding steroid dienone is 11. The second-order valence-electron chi connectivity index (χ2n) is 11.7. The van der Waals surface area contributed by atoms with Crippen molar-refractivity contribution in [2.45, 2.75) is 41.5 Å². The molecule has 5 aromatic rings. The molecular formula is C50H54ClNS. The van der Waals surface area contributed by atoms with E-state index >= 15 is 0 Å². The van der Waals surface area contributed by atoms with E-state index in [1.807, 2.05) is 83.3 Å². The van der Waals surface area contributed by atoms with E-state index in [-0.39, 0.29) is 0 Å². The third-order valence-electron chi connectivity index (χ3n) is 8.26. The van der Waals surface area contributed by atoms with Gasteiger partial charge in [-0.3, -0.25) is 4.99 Å². The average Bonchev–Trinajstić information content (AvgIpc) is 3.52. The monoisotopic (exact) mass is 735 g/mol. The predicted octanol–water partition coefficient (Wildman–Crippen LogP) is 15.9. The van der Waals surface area contributed by atoms with Crippen LogP contribution in [0.3, 0.4) is 0 Å². The van der Waals surface area contributed by atoms with Gasteiger partial charge in [0.15, 0.2) is 0 Å². The van der Waals surface area contributed by atoms with Crippen molar-refractivity contribution in [3.63, 3.8) is 0 Å². The molecule has 1 nitrogen and oxygen atoms in total. The number of aliphatic imine (C=N–C) groups is 1. The molecule has 1 aromatic heterocycles. The zero-order valence-electron chi connectivity index (χ0n) is 32.6. The van der Waals surface area contributed by atoms with Crippen LogP contribution in [-0.4, -0.2) is 12.8 Å². The quantitative estimate of drug-likeness (QED) is 0.0769. The third-order valence-corrected chi connectivity index (χ3v) is 9.94. The standard InChI is InChI=1S/C27H28.C19H16ClNS.C2H6.C2H4/c1-7-10-14-23(9-3)20(4)18-21(5)27-19-24-15-12-13-17-26(24)25(22(27)6)16-11-8-2;1-12(2)13-8-10-14(11-9-13)18(21-3)19-17(20)15-6-4-5-7-16(15)22-19;2*1-2/h7-19H,2-4H2,1,5-6H3;4-11H,1H2,2-3H3;1-2H3;1-2H2/b10-7-,16-11-,21-18+,23-14+;;;. The van der Waals surface area contributed by atoms with Crippen molar-refractivity contribution in [3.05, 3.63) is 210 Å². The van der Waals surface area contributed by atoms with Gasteiger partial charge in [0.05, 0.1) is 15.6 Å². The van der Waals surface area contributed by atoms with Crippen LogP contribution in [0.2, 0.25) is 5.02 Å². The molecular weight excluding hydrogens is 682 g/mol. The second kappa shape index (κ2) is 22.6. The highest BCUT2D eigenvalue weighted by molar-refractivity contribution is 7.21. The van der Waals surface area contributed by atoms with Crippen LogP contribution >= 0.6 is 22.9 Å². The summed E-state index contributed by atoms with van der Waals surface area (Å²) in [5, 5.41) is 4.35. The molecule has 272 valence electrons. The first-order valence-corrected chi connectivity index (χ1v) is 18.9. The SMILES string of the molecule is C=C.C=C(C)c1ccc(C(=NC)c2sc3ccccc3c2Cl)cc1.C=C/C=C\c1c(C)c(/C(C)=C/C(=C)/C(C=C)=C/C=C\C)cc2ccccc12.CC. The van der Waals surface area contributed by atoms with Crippen molar-refractivity contribution in [1.29, 1.82) is 0 Å². The van der Waals surface area contributed by atoms with Crippen LogP contribution in [0.4, 0.5) is 0 Å². The zero-order valence-corrected chi connectivity index (χ0v) is 34.2. The highest BCUT2D eigenvalue weighted by Crippen LogP contribution is 2.37. The Kier molecular flexibility index (Phi) is 18.7. The number of hydrogen-bond donors (Lipinski definition) is 0. The summed E-state index contributed by atoms with van der Waals surface area (Å²) in [4.78, 5) is 5.50. The van der Waals surface area contributed by atoms with E-state index in [1.165, 1.54) is 37.7 Å². The summed E-state index contributed by atoms with van der Waals surface area (Å²) in [5.41, 5.74) is 11.1. The van der Waals surface area contributed by atoms with Crippen LogP contribution in [0.1, 0.15) is 67.3 Å². The first kappa shape index (κ1) is 43.9. The summed E-state index contributed by atoms with van der Waals surface area (Å²) in [6.45, 7) is 34.2.